The fraction of sp³-hybridized carbons (Fsp3) is 0.682. The van der Waals surface area contributed by atoms with Gasteiger partial charge in [0.1, 0.15) is 0 Å². The van der Waals surface area contributed by atoms with Crippen molar-refractivity contribution in [2.24, 2.45) is 4.99 Å². The van der Waals surface area contributed by atoms with E-state index < -0.39 is 0 Å². The second-order valence-corrected chi connectivity index (χ2v) is 8.12. The summed E-state index contributed by atoms with van der Waals surface area (Å²) >= 11 is 0. The Kier molecular flexibility index (Phi) is 8.13. The van der Waals surface area contributed by atoms with Gasteiger partial charge in [-0.1, -0.05) is 30.3 Å². The SMILES string of the molecule is CN=C(NCC1CCCN1CCOC)NC1CC(C)N(Cc2ccccc2)C1. The van der Waals surface area contributed by atoms with Gasteiger partial charge in [-0.2, -0.15) is 0 Å². The summed E-state index contributed by atoms with van der Waals surface area (Å²) in [6.45, 7) is 8.34. The van der Waals surface area contributed by atoms with Crippen LogP contribution in [0.25, 0.3) is 0 Å². The van der Waals surface area contributed by atoms with Crippen LogP contribution in [-0.4, -0.2) is 80.8 Å². The van der Waals surface area contributed by atoms with Crippen LogP contribution in [0.3, 0.4) is 0 Å². The third kappa shape index (κ3) is 5.93. The number of hydrogen-bond acceptors (Lipinski definition) is 4. The summed E-state index contributed by atoms with van der Waals surface area (Å²) in [5.41, 5.74) is 1.38. The zero-order valence-electron chi connectivity index (χ0n) is 17.7. The molecule has 0 aromatic heterocycles. The smallest absolute Gasteiger partial charge is 0.191 e. The molecule has 2 saturated heterocycles. The largest absolute Gasteiger partial charge is 0.383 e. The Morgan fingerprint density at radius 2 is 2.07 bits per heavy atom. The molecule has 0 saturated carbocycles. The van der Waals surface area contributed by atoms with Crippen LogP contribution in [0.1, 0.15) is 31.7 Å². The minimum Gasteiger partial charge on any atom is -0.383 e. The van der Waals surface area contributed by atoms with E-state index in [0.29, 0.717) is 18.1 Å². The van der Waals surface area contributed by atoms with Gasteiger partial charge in [-0.3, -0.25) is 14.8 Å². The normalized spacial score (nSPS) is 26.7. The molecule has 0 aliphatic carbocycles. The van der Waals surface area contributed by atoms with Crippen molar-refractivity contribution in [2.45, 2.75) is 50.9 Å². The fourth-order valence-corrected chi connectivity index (χ4v) is 4.47. The summed E-state index contributed by atoms with van der Waals surface area (Å²) in [6, 6.07) is 12.3. The number of nitrogens with one attached hydrogen (secondary N) is 2. The quantitative estimate of drug-likeness (QED) is 0.527. The number of nitrogens with zero attached hydrogens (tertiary/aromatic N) is 3. The average Bonchev–Trinajstić information content (AvgIpc) is 3.30. The fourth-order valence-electron chi connectivity index (χ4n) is 4.47. The number of aliphatic imine (C=N–C) groups is 1. The van der Waals surface area contributed by atoms with E-state index in [1.165, 1.54) is 24.9 Å². The number of ether oxygens (including phenoxy) is 1. The summed E-state index contributed by atoms with van der Waals surface area (Å²) in [7, 11) is 3.64. The second kappa shape index (κ2) is 10.8. The van der Waals surface area contributed by atoms with Crippen LogP contribution in [-0.2, 0) is 11.3 Å². The van der Waals surface area contributed by atoms with Crippen molar-refractivity contribution in [1.29, 1.82) is 0 Å². The van der Waals surface area contributed by atoms with Gasteiger partial charge in [0.05, 0.1) is 6.61 Å². The van der Waals surface area contributed by atoms with Crippen LogP contribution in [0.15, 0.2) is 35.3 Å². The van der Waals surface area contributed by atoms with E-state index in [9.17, 15) is 0 Å². The van der Waals surface area contributed by atoms with E-state index in [2.05, 4.69) is 62.7 Å². The maximum atomic E-state index is 5.25. The molecule has 0 bridgehead atoms. The summed E-state index contributed by atoms with van der Waals surface area (Å²) in [4.78, 5) is 9.56. The predicted octanol–water partition coefficient (Wildman–Crippen LogP) is 1.93. The zero-order chi connectivity index (χ0) is 19.8. The van der Waals surface area contributed by atoms with Crippen LogP contribution in [0, 0.1) is 0 Å². The van der Waals surface area contributed by atoms with Crippen molar-refractivity contribution < 1.29 is 4.74 Å². The van der Waals surface area contributed by atoms with Crippen LogP contribution in [0.5, 0.6) is 0 Å². The van der Waals surface area contributed by atoms with Crippen molar-refractivity contribution in [2.75, 3.05) is 46.9 Å². The molecule has 0 radical (unpaired) electrons. The van der Waals surface area contributed by atoms with E-state index >= 15 is 0 Å². The summed E-state index contributed by atoms with van der Waals surface area (Å²) < 4.78 is 5.25. The predicted molar refractivity (Wildman–Crippen MR) is 116 cm³/mol. The molecule has 6 nitrogen and oxygen atoms in total. The van der Waals surface area contributed by atoms with Gasteiger partial charge in [0, 0.05) is 58.5 Å². The molecule has 1 aromatic carbocycles. The topological polar surface area (TPSA) is 52.1 Å². The summed E-state index contributed by atoms with van der Waals surface area (Å²) in [6.07, 6.45) is 3.67. The van der Waals surface area contributed by atoms with Crippen LogP contribution >= 0.6 is 0 Å². The number of rotatable bonds is 8. The number of guanidine groups is 1. The molecule has 0 spiro atoms. The molecule has 2 aliphatic heterocycles. The molecular weight excluding hydrogens is 350 g/mol. The lowest BCUT2D eigenvalue weighted by atomic mass is 10.2. The van der Waals surface area contributed by atoms with Gasteiger partial charge in [-0.05, 0) is 38.3 Å². The van der Waals surface area contributed by atoms with Crippen molar-refractivity contribution in [3.63, 3.8) is 0 Å². The molecule has 3 unspecified atom stereocenters. The van der Waals surface area contributed by atoms with Gasteiger partial charge in [-0.25, -0.2) is 0 Å². The Labute approximate surface area is 170 Å². The minimum atomic E-state index is 0.443. The van der Waals surface area contributed by atoms with Gasteiger partial charge in [0.25, 0.3) is 0 Å². The molecule has 0 amide bonds. The summed E-state index contributed by atoms with van der Waals surface area (Å²) in [5, 5.41) is 7.21. The van der Waals surface area contributed by atoms with Crippen molar-refractivity contribution >= 4 is 5.96 Å². The minimum absolute atomic E-state index is 0.443. The van der Waals surface area contributed by atoms with Crippen LogP contribution in [0.4, 0.5) is 0 Å². The van der Waals surface area contributed by atoms with E-state index in [4.69, 9.17) is 4.74 Å². The molecule has 2 heterocycles. The van der Waals surface area contributed by atoms with Gasteiger partial charge in [0.2, 0.25) is 0 Å². The van der Waals surface area contributed by atoms with Crippen molar-refractivity contribution in [3.8, 4) is 0 Å². The highest BCUT2D eigenvalue weighted by molar-refractivity contribution is 5.80. The Hall–Kier alpha value is -1.63. The Morgan fingerprint density at radius 1 is 1.25 bits per heavy atom. The van der Waals surface area contributed by atoms with Crippen molar-refractivity contribution in [1.82, 2.24) is 20.4 Å². The number of likely N-dealkylation sites (tertiary alicyclic amines) is 2. The first-order valence-corrected chi connectivity index (χ1v) is 10.7. The first-order chi connectivity index (χ1) is 13.7. The highest BCUT2D eigenvalue weighted by atomic mass is 16.5. The molecule has 2 aliphatic rings. The highest BCUT2D eigenvalue weighted by Crippen LogP contribution is 2.20. The van der Waals surface area contributed by atoms with Gasteiger partial charge in [-0.15, -0.1) is 0 Å². The summed E-state index contributed by atoms with van der Waals surface area (Å²) in [5.74, 6) is 0.928. The maximum Gasteiger partial charge on any atom is 0.191 e. The average molecular weight is 388 g/mol. The second-order valence-electron chi connectivity index (χ2n) is 8.12. The maximum absolute atomic E-state index is 5.25. The molecule has 2 N–H and O–H groups in total. The van der Waals surface area contributed by atoms with E-state index in [1.54, 1.807) is 7.11 Å². The Bertz CT molecular complexity index is 608. The molecule has 28 heavy (non-hydrogen) atoms. The van der Waals surface area contributed by atoms with E-state index in [1.807, 2.05) is 7.05 Å². The number of hydrogen-bond donors (Lipinski definition) is 2. The standard InChI is InChI=1S/C22H37N5O/c1-18-14-20(17-27(18)16-19-8-5-4-6-9-19)25-22(23-2)24-15-21-10-7-11-26(21)12-13-28-3/h4-6,8-9,18,20-21H,7,10-17H2,1-3H3,(H2,23,24,25). The first kappa shape index (κ1) is 21.1. The third-order valence-electron chi connectivity index (χ3n) is 6.08. The number of methoxy groups -OCH3 is 1. The van der Waals surface area contributed by atoms with Crippen LogP contribution < -0.4 is 10.6 Å². The van der Waals surface area contributed by atoms with Gasteiger partial charge < -0.3 is 15.4 Å². The van der Waals surface area contributed by atoms with Gasteiger partial charge >= 0.3 is 0 Å². The Balaban J connectivity index is 1.44. The van der Waals surface area contributed by atoms with Gasteiger partial charge in [0.15, 0.2) is 5.96 Å². The third-order valence-corrected chi connectivity index (χ3v) is 6.08. The Morgan fingerprint density at radius 3 is 2.82 bits per heavy atom. The molecule has 3 atom stereocenters. The van der Waals surface area contributed by atoms with E-state index in [-0.39, 0.29) is 0 Å². The molecule has 3 rings (SSSR count). The highest BCUT2D eigenvalue weighted by Gasteiger charge is 2.30. The molecule has 156 valence electrons. The first-order valence-electron chi connectivity index (χ1n) is 10.7. The monoisotopic (exact) mass is 387 g/mol. The molecule has 6 heteroatoms. The number of benzene rings is 1. The zero-order valence-corrected chi connectivity index (χ0v) is 17.7. The van der Waals surface area contributed by atoms with Crippen molar-refractivity contribution in [3.05, 3.63) is 35.9 Å². The lowest BCUT2D eigenvalue weighted by molar-refractivity contribution is 0.141. The molecular formula is C22H37N5O. The molecule has 1 aromatic rings. The molecule has 2 fully saturated rings. The lowest BCUT2D eigenvalue weighted by Crippen LogP contribution is -2.48. The lowest BCUT2D eigenvalue weighted by Gasteiger charge is -2.26. The van der Waals surface area contributed by atoms with Crippen LogP contribution in [0.2, 0.25) is 0 Å². The van der Waals surface area contributed by atoms with E-state index in [0.717, 1.165) is 45.2 Å².